The van der Waals surface area contributed by atoms with Crippen molar-refractivity contribution in [2.24, 2.45) is 5.92 Å². The lowest BCUT2D eigenvalue weighted by Crippen LogP contribution is -2.43. The van der Waals surface area contributed by atoms with Crippen LogP contribution in [-0.2, 0) is 14.8 Å². The number of nitrogens with one attached hydrogen (secondary N) is 1. The lowest BCUT2D eigenvalue weighted by Gasteiger charge is -2.31. The zero-order valence-electron chi connectivity index (χ0n) is 15.0. The number of rotatable bonds is 5. The second kappa shape index (κ2) is 7.90. The van der Waals surface area contributed by atoms with Crippen molar-refractivity contribution in [1.29, 1.82) is 0 Å². The SMILES string of the molecule is CC(C)c1ccccc1NC(=O)[C@H]1CCCN(S(=O)(=O)c2cccs2)C1. The third-order valence-corrected chi connectivity index (χ3v) is 7.92. The van der Waals surface area contributed by atoms with Gasteiger partial charge in [0.1, 0.15) is 4.21 Å². The lowest BCUT2D eigenvalue weighted by atomic mass is 9.97. The molecule has 5 nitrogen and oxygen atoms in total. The molecular formula is C19H24N2O3S2. The lowest BCUT2D eigenvalue weighted by molar-refractivity contribution is -0.120. The van der Waals surface area contributed by atoms with E-state index in [1.54, 1.807) is 17.5 Å². The second-order valence-corrected chi connectivity index (χ2v) is 9.98. The molecule has 1 amide bonds. The number of anilines is 1. The summed E-state index contributed by atoms with van der Waals surface area (Å²) in [5, 5.41) is 4.76. The van der Waals surface area contributed by atoms with Crippen LogP contribution in [0.5, 0.6) is 0 Å². The molecule has 26 heavy (non-hydrogen) atoms. The van der Waals surface area contributed by atoms with Crippen LogP contribution in [0.25, 0.3) is 0 Å². The molecular weight excluding hydrogens is 368 g/mol. The second-order valence-electron chi connectivity index (χ2n) is 6.87. The highest BCUT2D eigenvalue weighted by molar-refractivity contribution is 7.91. The Morgan fingerprint density at radius 1 is 1.23 bits per heavy atom. The van der Waals surface area contributed by atoms with Crippen molar-refractivity contribution in [3.63, 3.8) is 0 Å². The van der Waals surface area contributed by atoms with Gasteiger partial charge in [-0.05, 0) is 41.8 Å². The van der Waals surface area contributed by atoms with Crippen molar-refractivity contribution in [3.05, 3.63) is 47.3 Å². The minimum atomic E-state index is -3.51. The van der Waals surface area contributed by atoms with Crippen molar-refractivity contribution < 1.29 is 13.2 Å². The van der Waals surface area contributed by atoms with E-state index in [9.17, 15) is 13.2 Å². The topological polar surface area (TPSA) is 66.5 Å². The van der Waals surface area contributed by atoms with E-state index >= 15 is 0 Å². The van der Waals surface area contributed by atoms with Crippen LogP contribution in [0, 0.1) is 5.92 Å². The van der Waals surface area contributed by atoms with Crippen molar-refractivity contribution >= 4 is 33.0 Å². The first-order chi connectivity index (χ1) is 12.4. The van der Waals surface area contributed by atoms with E-state index in [-0.39, 0.29) is 18.4 Å². The van der Waals surface area contributed by atoms with Gasteiger partial charge in [0.05, 0.1) is 5.92 Å². The average molecular weight is 393 g/mol. The summed E-state index contributed by atoms with van der Waals surface area (Å²) in [5.41, 5.74) is 1.89. The predicted molar refractivity (Wildman–Crippen MR) is 105 cm³/mol. The van der Waals surface area contributed by atoms with E-state index in [0.717, 1.165) is 11.3 Å². The zero-order valence-corrected chi connectivity index (χ0v) is 16.6. The monoisotopic (exact) mass is 392 g/mol. The number of sulfonamides is 1. The van der Waals surface area contributed by atoms with Crippen molar-refractivity contribution in [2.45, 2.75) is 36.8 Å². The number of hydrogen-bond acceptors (Lipinski definition) is 4. The Bertz CT molecular complexity index is 861. The molecule has 0 unspecified atom stereocenters. The van der Waals surface area contributed by atoms with Gasteiger partial charge in [0.25, 0.3) is 10.0 Å². The number of benzene rings is 1. The van der Waals surface area contributed by atoms with Crippen LogP contribution in [0.3, 0.4) is 0 Å². The zero-order chi connectivity index (χ0) is 18.7. The number of para-hydroxylation sites is 1. The predicted octanol–water partition coefficient (Wildman–Crippen LogP) is 3.91. The number of nitrogens with zero attached hydrogens (tertiary/aromatic N) is 1. The van der Waals surface area contributed by atoms with Crippen molar-refractivity contribution in [3.8, 4) is 0 Å². The molecule has 1 aromatic carbocycles. The van der Waals surface area contributed by atoms with E-state index in [1.165, 1.54) is 15.6 Å². The van der Waals surface area contributed by atoms with Gasteiger partial charge in [-0.2, -0.15) is 4.31 Å². The van der Waals surface area contributed by atoms with Crippen LogP contribution in [0.4, 0.5) is 5.69 Å². The Morgan fingerprint density at radius 2 is 2.00 bits per heavy atom. The fraction of sp³-hybridized carbons (Fsp3) is 0.421. The first-order valence-electron chi connectivity index (χ1n) is 8.83. The molecule has 1 fully saturated rings. The molecule has 0 aliphatic carbocycles. The fourth-order valence-corrected chi connectivity index (χ4v) is 5.93. The maximum absolute atomic E-state index is 12.8. The Balaban J connectivity index is 1.73. The van der Waals surface area contributed by atoms with Gasteiger partial charge in [0, 0.05) is 18.8 Å². The van der Waals surface area contributed by atoms with Crippen LogP contribution in [0.15, 0.2) is 46.0 Å². The number of thiophene rings is 1. The minimum absolute atomic E-state index is 0.107. The molecule has 1 aromatic heterocycles. The molecule has 0 bridgehead atoms. The smallest absolute Gasteiger partial charge is 0.252 e. The molecule has 1 saturated heterocycles. The van der Waals surface area contributed by atoms with E-state index in [4.69, 9.17) is 0 Å². The van der Waals surface area contributed by atoms with Gasteiger partial charge in [-0.1, -0.05) is 38.1 Å². The van der Waals surface area contributed by atoms with E-state index in [2.05, 4.69) is 19.2 Å². The van der Waals surface area contributed by atoms with Crippen molar-refractivity contribution in [1.82, 2.24) is 4.31 Å². The van der Waals surface area contributed by atoms with E-state index in [0.29, 0.717) is 29.5 Å². The first kappa shape index (κ1) is 19.1. The van der Waals surface area contributed by atoms with Crippen LogP contribution < -0.4 is 5.32 Å². The molecule has 1 aliphatic rings. The molecule has 0 spiro atoms. The normalized spacial score (nSPS) is 18.8. The molecule has 1 N–H and O–H groups in total. The van der Waals surface area contributed by atoms with Gasteiger partial charge < -0.3 is 5.32 Å². The fourth-order valence-electron chi connectivity index (χ4n) is 3.26. The Kier molecular flexibility index (Phi) is 5.79. The van der Waals surface area contributed by atoms with E-state index < -0.39 is 10.0 Å². The van der Waals surface area contributed by atoms with Gasteiger partial charge in [0.2, 0.25) is 5.91 Å². The summed E-state index contributed by atoms with van der Waals surface area (Å²) < 4.78 is 27.2. The van der Waals surface area contributed by atoms with E-state index in [1.807, 2.05) is 24.3 Å². The highest BCUT2D eigenvalue weighted by Gasteiger charge is 2.34. The van der Waals surface area contributed by atoms with Gasteiger partial charge in [-0.3, -0.25) is 4.79 Å². The summed E-state index contributed by atoms with van der Waals surface area (Å²) in [6.07, 6.45) is 1.39. The molecule has 1 aliphatic heterocycles. The molecule has 0 radical (unpaired) electrons. The van der Waals surface area contributed by atoms with Gasteiger partial charge in [-0.15, -0.1) is 11.3 Å². The summed E-state index contributed by atoms with van der Waals surface area (Å²) in [4.78, 5) is 12.8. The molecule has 1 atom stereocenters. The van der Waals surface area contributed by atoms with Crippen LogP contribution in [-0.4, -0.2) is 31.7 Å². The highest BCUT2D eigenvalue weighted by Crippen LogP contribution is 2.28. The molecule has 0 saturated carbocycles. The number of carbonyl (C=O) groups is 1. The quantitative estimate of drug-likeness (QED) is 0.839. The van der Waals surface area contributed by atoms with Gasteiger partial charge >= 0.3 is 0 Å². The molecule has 2 heterocycles. The molecule has 7 heteroatoms. The third kappa shape index (κ3) is 4.00. The first-order valence-corrected chi connectivity index (χ1v) is 11.1. The number of carbonyl (C=O) groups excluding carboxylic acids is 1. The minimum Gasteiger partial charge on any atom is -0.326 e. The van der Waals surface area contributed by atoms with Crippen LogP contribution in [0.2, 0.25) is 0 Å². The Labute approximate surface area is 159 Å². The van der Waals surface area contributed by atoms with Crippen molar-refractivity contribution in [2.75, 3.05) is 18.4 Å². The number of amides is 1. The molecule has 2 aromatic rings. The summed E-state index contributed by atoms with van der Waals surface area (Å²) >= 11 is 1.21. The Hall–Kier alpha value is -1.70. The summed E-state index contributed by atoms with van der Waals surface area (Å²) in [6, 6.07) is 11.1. The maximum Gasteiger partial charge on any atom is 0.252 e. The summed E-state index contributed by atoms with van der Waals surface area (Å²) in [7, 11) is -3.51. The average Bonchev–Trinajstić information content (AvgIpc) is 3.17. The van der Waals surface area contributed by atoms with Gasteiger partial charge in [0.15, 0.2) is 0 Å². The standard InChI is InChI=1S/C19H24N2O3S2/c1-14(2)16-8-3-4-9-17(16)20-19(22)15-7-5-11-21(13-15)26(23,24)18-10-6-12-25-18/h3-4,6,8-10,12,14-15H,5,7,11,13H2,1-2H3,(H,20,22)/t15-/m0/s1. The molecule has 3 rings (SSSR count). The number of piperidine rings is 1. The molecule has 140 valence electrons. The Morgan fingerprint density at radius 3 is 2.69 bits per heavy atom. The summed E-state index contributed by atoms with van der Waals surface area (Å²) in [6.45, 7) is 4.87. The van der Waals surface area contributed by atoms with Crippen LogP contribution in [0.1, 0.15) is 38.2 Å². The van der Waals surface area contributed by atoms with Crippen LogP contribution >= 0.6 is 11.3 Å². The summed E-state index contributed by atoms with van der Waals surface area (Å²) in [5.74, 6) is -0.142. The third-order valence-electron chi connectivity index (χ3n) is 4.68. The van der Waals surface area contributed by atoms with Gasteiger partial charge in [-0.25, -0.2) is 8.42 Å². The highest BCUT2D eigenvalue weighted by atomic mass is 32.2. The maximum atomic E-state index is 12.8. The number of hydrogen-bond donors (Lipinski definition) is 1. The largest absolute Gasteiger partial charge is 0.326 e.